The van der Waals surface area contributed by atoms with E-state index in [2.05, 4.69) is 17.1 Å². The molecule has 0 atom stereocenters. The molecule has 0 spiro atoms. The van der Waals surface area contributed by atoms with Crippen molar-refractivity contribution in [2.24, 2.45) is 0 Å². The van der Waals surface area contributed by atoms with Crippen LogP contribution in [0.3, 0.4) is 0 Å². The van der Waals surface area contributed by atoms with Crippen molar-refractivity contribution in [1.82, 2.24) is 4.98 Å². The van der Waals surface area contributed by atoms with E-state index in [0.717, 1.165) is 27.2 Å². The van der Waals surface area contributed by atoms with Crippen LogP contribution in [0.15, 0.2) is 60.7 Å². The molecule has 0 aliphatic heterocycles. The summed E-state index contributed by atoms with van der Waals surface area (Å²) < 4.78 is 0. The Morgan fingerprint density at radius 3 is 2.47 bits per heavy atom. The minimum Gasteiger partial charge on any atom is -0.248 e. The first-order chi connectivity index (χ1) is 9.33. The lowest BCUT2D eigenvalue weighted by Gasteiger charge is -1.99. The Balaban J connectivity index is 1.95. The normalized spacial score (nSPS) is 11.2. The molecule has 3 rings (SSSR count). The molecule has 0 saturated carbocycles. The fourth-order valence-corrected chi connectivity index (χ4v) is 2.16. The minimum absolute atomic E-state index is 0.750. The molecule has 1 aromatic heterocycles. The van der Waals surface area contributed by atoms with Gasteiger partial charge in [0, 0.05) is 10.4 Å². The number of nitrogens with zero attached hydrogens (tertiary/aromatic N) is 1. The van der Waals surface area contributed by atoms with Crippen LogP contribution in [0.4, 0.5) is 0 Å². The van der Waals surface area contributed by atoms with Crippen LogP contribution in [0.25, 0.3) is 23.1 Å². The summed E-state index contributed by atoms with van der Waals surface area (Å²) in [5.41, 5.74) is 2.93. The zero-order chi connectivity index (χ0) is 13.1. The number of benzene rings is 2. The maximum atomic E-state index is 6.11. The number of aromatic nitrogens is 1. The van der Waals surface area contributed by atoms with Crippen LogP contribution < -0.4 is 0 Å². The van der Waals surface area contributed by atoms with Gasteiger partial charge in [0.25, 0.3) is 0 Å². The Morgan fingerprint density at radius 2 is 1.58 bits per heavy atom. The molecule has 2 heteroatoms. The van der Waals surface area contributed by atoms with Gasteiger partial charge in [-0.1, -0.05) is 60.1 Å². The van der Waals surface area contributed by atoms with Crippen LogP contribution in [-0.4, -0.2) is 4.98 Å². The van der Waals surface area contributed by atoms with Crippen LogP contribution in [0.5, 0.6) is 0 Å². The smallest absolute Gasteiger partial charge is 0.0709 e. The lowest BCUT2D eigenvalue weighted by molar-refractivity contribution is 1.37. The SMILES string of the molecule is Clc1ccccc1/C=C/c1ccc2ccccc2n1. The maximum Gasteiger partial charge on any atom is 0.0709 e. The Morgan fingerprint density at radius 1 is 0.789 bits per heavy atom. The third-order valence-corrected chi connectivity index (χ3v) is 3.30. The van der Waals surface area contributed by atoms with Crippen LogP contribution >= 0.6 is 11.6 Å². The molecule has 92 valence electrons. The van der Waals surface area contributed by atoms with E-state index in [1.807, 2.05) is 60.7 Å². The highest BCUT2D eigenvalue weighted by Crippen LogP contribution is 2.18. The van der Waals surface area contributed by atoms with Crippen molar-refractivity contribution in [2.45, 2.75) is 0 Å². The second-order valence-electron chi connectivity index (χ2n) is 4.28. The van der Waals surface area contributed by atoms with Crippen molar-refractivity contribution in [3.05, 3.63) is 76.9 Å². The van der Waals surface area contributed by atoms with Crippen molar-refractivity contribution >= 4 is 34.7 Å². The van der Waals surface area contributed by atoms with Crippen molar-refractivity contribution in [3.8, 4) is 0 Å². The van der Waals surface area contributed by atoms with E-state index in [4.69, 9.17) is 11.6 Å². The summed E-state index contributed by atoms with van der Waals surface area (Å²) in [5, 5.41) is 1.90. The predicted molar refractivity (Wildman–Crippen MR) is 82.1 cm³/mol. The first-order valence-corrected chi connectivity index (χ1v) is 6.49. The second-order valence-corrected chi connectivity index (χ2v) is 4.69. The molecule has 2 aromatic carbocycles. The number of pyridine rings is 1. The van der Waals surface area contributed by atoms with E-state index in [0.29, 0.717) is 0 Å². The molecule has 0 aliphatic rings. The fourth-order valence-electron chi connectivity index (χ4n) is 1.96. The van der Waals surface area contributed by atoms with E-state index in [-0.39, 0.29) is 0 Å². The zero-order valence-electron chi connectivity index (χ0n) is 10.3. The highest BCUT2D eigenvalue weighted by atomic mass is 35.5. The number of halogens is 1. The average molecular weight is 266 g/mol. The van der Waals surface area contributed by atoms with Crippen molar-refractivity contribution in [3.63, 3.8) is 0 Å². The maximum absolute atomic E-state index is 6.11. The molecule has 0 fully saturated rings. The van der Waals surface area contributed by atoms with Gasteiger partial charge >= 0.3 is 0 Å². The molecule has 0 bridgehead atoms. The summed E-state index contributed by atoms with van der Waals surface area (Å²) in [6.07, 6.45) is 3.97. The third-order valence-electron chi connectivity index (χ3n) is 2.96. The minimum atomic E-state index is 0.750. The van der Waals surface area contributed by atoms with Gasteiger partial charge in [0.1, 0.15) is 0 Å². The molecular weight excluding hydrogens is 254 g/mol. The van der Waals surface area contributed by atoms with Crippen LogP contribution in [0.1, 0.15) is 11.3 Å². The quantitative estimate of drug-likeness (QED) is 0.631. The molecule has 1 nitrogen and oxygen atoms in total. The van der Waals surface area contributed by atoms with E-state index in [1.54, 1.807) is 0 Å². The molecule has 3 aromatic rings. The van der Waals surface area contributed by atoms with Gasteiger partial charge in [-0.05, 0) is 29.8 Å². The summed E-state index contributed by atoms with van der Waals surface area (Å²) in [6, 6.07) is 19.9. The van der Waals surface area contributed by atoms with Gasteiger partial charge in [0.15, 0.2) is 0 Å². The number of fused-ring (bicyclic) bond motifs is 1. The van der Waals surface area contributed by atoms with Crippen LogP contribution in [0.2, 0.25) is 5.02 Å². The van der Waals surface area contributed by atoms with Gasteiger partial charge in [0.2, 0.25) is 0 Å². The van der Waals surface area contributed by atoms with Crippen LogP contribution in [-0.2, 0) is 0 Å². The molecule has 0 aliphatic carbocycles. The van der Waals surface area contributed by atoms with Gasteiger partial charge in [-0.3, -0.25) is 0 Å². The van der Waals surface area contributed by atoms with E-state index in [1.165, 1.54) is 0 Å². The number of hydrogen-bond acceptors (Lipinski definition) is 1. The molecule has 0 radical (unpaired) electrons. The fraction of sp³-hybridized carbons (Fsp3) is 0. The molecule has 0 amide bonds. The summed E-state index contributed by atoms with van der Waals surface area (Å²) in [5.74, 6) is 0. The molecule has 0 N–H and O–H groups in total. The molecule has 19 heavy (non-hydrogen) atoms. The molecule has 1 heterocycles. The van der Waals surface area contributed by atoms with Gasteiger partial charge in [-0.15, -0.1) is 0 Å². The Kier molecular flexibility index (Phi) is 3.30. The van der Waals surface area contributed by atoms with Gasteiger partial charge in [0.05, 0.1) is 11.2 Å². The molecule has 0 saturated heterocycles. The average Bonchev–Trinajstić information content (AvgIpc) is 2.46. The van der Waals surface area contributed by atoms with Gasteiger partial charge in [-0.2, -0.15) is 0 Å². The van der Waals surface area contributed by atoms with Crippen molar-refractivity contribution in [1.29, 1.82) is 0 Å². The number of para-hydroxylation sites is 1. The highest BCUT2D eigenvalue weighted by Gasteiger charge is 1.96. The third kappa shape index (κ3) is 2.67. The summed E-state index contributed by atoms with van der Waals surface area (Å²) in [7, 11) is 0. The van der Waals surface area contributed by atoms with Gasteiger partial charge in [-0.25, -0.2) is 4.98 Å². The Hall–Kier alpha value is -2.12. The Labute approximate surface area is 117 Å². The number of hydrogen-bond donors (Lipinski definition) is 0. The first-order valence-electron chi connectivity index (χ1n) is 6.11. The molecule has 0 unspecified atom stereocenters. The zero-order valence-corrected chi connectivity index (χ0v) is 11.0. The summed E-state index contributed by atoms with van der Waals surface area (Å²) >= 11 is 6.11. The predicted octanol–water partition coefficient (Wildman–Crippen LogP) is 5.06. The first kappa shape index (κ1) is 11.9. The van der Waals surface area contributed by atoms with Crippen molar-refractivity contribution < 1.29 is 0 Å². The monoisotopic (exact) mass is 265 g/mol. The van der Waals surface area contributed by atoms with Crippen molar-refractivity contribution in [2.75, 3.05) is 0 Å². The van der Waals surface area contributed by atoms with E-state index < -0.39 is 0 Å². The topological polar surface area (TPSA) is 12.9 Å². The second kappa shape index (κ2) is 5.25. The lowest BCUT2D eigenvalue weighted by atomic mass is 10.1. The summed E-state index contributed by atoms with van der Waals surface area (Å²) in [6.45, 7) is 0. The van der Waals surface area contributed by atoms with E-state index >= 15 is 0 Å². The standard InChI is InChI=1S/C17H12ClN/c18-16-7-3-1-5-13(16)9-11-15-12-10-14-6-2-4-8-17(14)19-15/h1-12H/b11-9+. The molecular formula is C17H12ClN. The Bertz CT molecular complexity index is 747. The number of rotatable bonds is 2. The lowest BCUT2D eigenvalue weighted by Crippen LogP contribution is -1.82. The van der Waals surface area contributed by atoms with E-state index in [9.17, 15) is 0 Å². The highest BCUT2D eigenvalue weighted by molar-refractivity contribution is 6.32. The van der Waals surface area contributed by atoms with Crippen LogP contribution in [0, 0.1) is 0 Å². The summed E-state index contributed by atoms with van der Waals surface area (Å²) in [4.78, 5) is 4.59. The van der Waals surface area contributed by atoms with Gasteiger partial charge < -0.3 is 0 Å². The largest absolute Gasteiger partial charge is 0.248 e.